The second-order valence-corrected chi connectivity index (χ2v) is 3.09. The molecular weight excluding hydrogens is 223 g/mol. The van der Waals surface area contributed by atoms with Crippen molar-refractivity contribution in [3.63, 3.8) is 0 Å². The third-order valence-corrected chi connectivity index (χ3v) is 2.31. The van der Waals surface area contributed by atoms with Crippen molar-refractivity contribution in [2.45, 2.75) is 0 Å². The van der Waals surface area contributed by atoms with Crippen molar-refractivity contribution in [3.05, 3.63) is 38.4 Å². The number of benzene rings is 1. The smallest absolute Gasteiger partial charge is 0.208 e. The summed E-state index contributed by atoms with van der Waals surface area (Å²) in [5.74, 6) is -0.796. The van der Waals surface area contributed by atoms with Crippen LogP contribution in [0.1, 0.15) is 0 Å². The van der Waals surface area contributed by atoms with E-state index in [2.05, 4.69) is 4.85 Å². The molecule has 0 aliphatic heterocycles. The van der Waals surface area contributed by atoms with E-state index in [1.54, 1.807) is 0 Å². The summed E-state index contributed by atoms with van der Waals surface area (Å²) in [6.07, 6.45) is 0. The lowest BCUT2D eigenvalue weighted by Gasteiger charge is -2.01. The van der Waals surface area contributed by atoms with Crippen molar-refractivity contribution in [3.8, 4) is 0 Å². The lowest BCUT2D eigenvalue weighted by Crippen LogP contribution is -1.80. The van der Waals surface area contributed by atoms with Gasteiger partial charge in [-0.05, 0) is 6.07 Å². The Morgan fingerprint density at radius 1 is 1.25 bits per heavy atom. The van der Waals surface area contributed by atoms with Gasteiger partial charge in [0.05, 0.1) is 21.6 Å². The lowest BCUT2D eigenvalue weighted by atomic mass is 10.3. The molecule has 0 N–H and O–H groups in total. The zero-order chi connectivity index (χ0) is 9.30. The van der Waals surface area contributed by atoms with Gasteiger partial charge in [-0.25, -0.2) is 9.24 Å². The van der Waals surface area contributed by atoms with Gasteiger partial charge in [-0.2, -0.15) is 0 Å². The van der Waals surface area contributed by atoms with Crippen LogP contribution < -0.4 is 0 Å². The van der Waals surface area contributed by atoms with E-state index in [0.717, 1.165) is 6.07 Å². The van der Waals surface area contributed by atoms with Crippen LogP contribution in [0, 0.1) is 12.4 Å². The fourth-order valence-electron chi connectivity index (χ4n) is 0.642. The topological polar surface area (TPSA) is 4.36 Å². The summed E-state index contributed by atoms with van der Waals surface area (Å²) in [6, 6.07) is 1.14. The minimum absolute atomic E-state index is 0.0491. The van der Waals surface area contributed by atoms with Crippen molar-refractivity contribution < 1.29 is 4.39 Å². The third kappa shape index (κ3) is 1.49. The zero-order valence-electron chi connectivity index (χ0n) is 5.54. The number of halogens is 4. The van der Waals surface area contributed by atoms with E-state index in [-0.39, 0.29) is 20.8 Å². The standard InChI is InChI=1S/C7HCl3FN/c1-12-4-2-3(8)7(11)6(10)5(4)9/h2H. The predicted molar refractivity (Wildman–Crippen MR) is 47.7 cm³/mol. The Bertz CT molecular complexity index is 370. The first-order valence-electron chi connectivity index (χ1n) is 2.78. The van der Waals surface area contributed by atoms with Gasteiger partial charge < -0.3 is 0 Å². The van der Waals surface area contributed by atoms with Gasteiger partial charge in [0.25, 0.3) is 0 Å². The molecule has 62 valence electrons. The summed E-state index contributed by atoms with van der Waals surface area (Å²) in [7, 11) is 0. The van der Waals surface area contributed by atoms with E-state index in [1.165, 1.54) is 0 Å². The molecule has 1 rings (SSSR count). The molecule has 0 heterocycles. The molecule has 12 heavy (non-hydrogen) atoms. The predicted octanol–water partition coefficient (Wildman–Crippen LogP) is 4.34. The molecule has 0 fully saturated rings. The normalized spacial score (nSPS) is 9.58. The Balaban J connectivity index is 3.52. The highest BCUT2D eigenvalue weighted by Crippen LogP contribution is 2.37. The number of rotatable bonds is 0. The Labute approximate surface area is 83.5 Å². The van der Waals surface area contributed by atoms with Gasteiger partial charge >= 0.3 is 0 Å². The molecule has 0 amide bonds. The Morgan fingerprint density at radius 2 is 1.83 bits per heavy atom. The summed E-state index contributed by atoms with van der Waals surface area (Å²) >= 11 is 16.4. The van der Waals surface area contributed by atoms with E-state index in [9.17, 15) is 4.39 Å². The Morgan fingerprint density at radius 3 is 2.33 bits per heavy atom. The van der Waals surface area contributed by atoms with E-state index < -0.39 is 5.82 Å². The van der Waals surface area contributed by atoms with Gasteiger partial charge in [-0.1, -0.05) is 34.8 Å². The van der Waals surface area contributed by atoms with Crippen molar-refractivity contribution in [2.24, 2.45) is 0 Å². The van der Waals surface area contributed by atoms with Crippen LogP contribution >= 0.6 is 34.8 Å². The average molecular weight is 224 g/mol. The largest absolute Gasteiger partial charge is 0.236 e. The summed E-state index contributed by atoms with van der Waals surface area (Å²) in [6.45, 7) is 6.65. The zero-order valence-corrected chi connectivity index (χ0v) is 7.80. The molecule has 1 nitrogen and oxygen atoms in total. The molecule has 5 heteroatoms. The maximum Gasteiger partial charge on any atom is 0.208 e. The van der Waals surface area contributed by atoms with Crippen LogP contribution in [0.2, 0.25) is 15.1 Å². The fraction of sp³-hybridized carbons (Fsp3) is 0. The SMILES string of the molecule is [C-]#[N+]c1cc(Cl)c(F)c(Cl)c1Cl. The maximum atomic E-state index is 12.9. The molecular formula is C7HCl3FN. The van der Waals surface area contributed by atoms with Crippen molar-refractivity contribution >= 4 is 40.5 Å². The van der Waals surface area contributed by atoms with Crippen LogP contribution in [-0.4, -0.2) is 0 Å². The lowest BCUT2D eigenvalue weighted by molar-refractivity contribution is 0.629. The summed E-state index contributed by atoms with van der Waals surface area (Å²) < 4.78 is 12.9. The third-order valence-electron chi connectivity index (χ3n) is 1.20. The maximum absolute atomic E-state index is 12.9. The molecule has 0 spiro atoms. The minimum atomic E-state index is -0.796. The van der Waals surface area contributed by atoms with Gasteiger partial charge in [0, 0.05) is 0 Å². The Kier molecular flexibility index (Phi) is 2.79. The highest BCUT2D eigenvalue weighted by atomic mass is 35.5. The van der Waals surface area contributed by atoms with E-state index >= 15 is 0 Å². The van der Waals surface area contributed by atoms with E-state index in [4.69, 9.17) is 41.4 Å². The molecule has 0 unspecified atom stereocenters. The van der Waals surface area contributed by atoms with E-state index in [0.29, 0.717) is 0 Å². The fourth-order valence-corrected chi connectivity index (χ4v) is 1.27. The number of nitrogens with zero attached hydrogens (tertiary/aromatic N) is 1. The monoisotopic (exact) mass is 223 g/mol. The summed E-state index contributed by atoms with van der Waals surface area (Å²) in [4.78, 5) is 3.02. The highest BCUT2D eigenvalue weighted by molar-refractivity contribution is 6.45. The number of hydrogen-bond acceptors (Lipinski definition) is 0. The van der Waals surface area contributed by atoms with Crippen LogP contribution in [0.5, 0.6) is 0 Å². The second kappa shape index (κ2) is 3.49. The quantitative estimate of drug-likeness (QED) is 0.351. The first kappa shape index (κ1) is 9.60. The van der Waals surface area contributed by atoms with Crippen molar-refractivity contribution in [2.75, 3.05) is 0 Å². The van der Waals surface area contributed by atoms with Gasteiger partial charge in [0.15, 0.2) is 5.82 Å². The molecule has 0 bridgehead atoms. The average Bonchev–Trinajstić information content (AvgIpc) is 2.08. The molecule has 0 radical (unpaired) electrons. The first-order valence-corrected chi connectivity index (χ1v) is 3.91. The first-order chi connectivity index (χ1) is 5.57. The molecule has 0 saturated carbocycles. The molecule has 0 aliphatic rings. The Hall–Kier alpha value is -0.490. The van der Waals surface area contributed by atoms with Crippen LogP contribution in [0.15, 0.2) is 6.07 Å². The molecule has 0 atom stereocenters. The van der Waals surface area contributed by atoms with Crippen LogP contribution in [0.3, 0.4) is 0 Å². The molecule has 0 aromatic heterocycles. The number of hydrogen-bond donors (Lipinski definition) is 0. The summed E-state index contributed by atoms with van der Waals surface area (Å²) in [5.41, 5.74) is 0.0491. The minimum Gasteiger partial charge on any atom is -0.236 e. The van der Waals surface area contributed by atoms with Crippen LogP contribution in [-0.2, 0) is 0 Å². The van der Waals surface area contributed by atoms with Crippen LogP contribution in [0.4, 0.5) is 10.1 Å². The highest BCUT2D eigenvalue weighted by Gasteiger charge is 2.13. The molecule has 0 saturated heterocycles. The molecule has 1 aromatic carbocycles. The second-order valence-electron chi connectivity index (χ2n) is 1.93. The van der Waals surface area contributed by atoms with Crippen LogP contribution in [0.25, 0.3) is 4.85 Å². The van der Waals surface area contributed by atoms with E-state index in [1.807, 2.05) is 0 Å². The van der Waals surface area contributed by atoms with Gasteiger partial charge in [-0.3, -0.25) is 0 Å². The van der Waals surface area contributed by atoms with Gasteiger partial charge in [0.1, 0.15) is 0 Å². The van der Waals surface area contributed by atoms with Gasteiger partial charge in [0.2, 0.25) is 5.69 Å². The van der Waals surface area contributed by atoms with Gasteiger partial charge in [-0.15, -0.1) is 0 Å². The van der Waals surface area contributed by atoms with Crippen molar-refractivity contribution in [1.82, 2.24) is 0 Å². The summed E-state index contributed by atoms with van der Waals surface area (Å²) in [5, 5.41) is -0.612. The molecule has 0 aliphatic carbocycles. The molecule has 1 aromatic rings. The van der Waals surface area contributed by atoms with Crippen molar-refractivity contribution in [1.29, 1.82) is 0 Å².